The van der Waals surface area contributed by atoms with E-state index in [-0.39, 0.29) is 12.6 Å². The molecule has 0 aliphatic rings. The van der Waals surface area contributed by atoms with Gasteiger partial charge in [-0.05, 0) is 25.5 Å². The van der Waals surface area contributed by atoms with Gasteiger partial charge in [-0.15, -0.1) is 0 Å². The molecule has 1 unspecified atom stereocenters. The SMILES string of the molecule is CCCNC(CO)c1ccc(C)cc1. The van der Waals surface area contributed by atoms with Crippen molar-refractivity contribution in [3.8, 4) is 0 Å². The molecule has 0 saturated heterocycles. The highest BCUT2D eigenvalue weighted by atomic mass is 16.3. The Morgan fingerprint density at radius 1 is 1.29 bits per heavy atom. The van der Waals surface area contributed by atoms with Crippen molar-refractivity contribution in [2.24, 2.45) is 0 Å². The van der Waals surface area contributed by atoms with Crippen molar-refractivity contribution >= 4 is 0 Å². The van der Waals surface area contributed by atoms with Crippen LogP contribution in [0, 0.1) is 6.92 Å². The molecule has 0 spiro atoms. The van der Waals surface area contributed by atoms with Crippen molar-refractivity contribution in [3.63, 3.8) is 0 Å². The van der Waals surface area contributed by atoms with E-state index in [0.29, 0.717) is 0 Å². The normalized spacial score (nSPS) is 12.8. The molecule has 2 heteroatoms. The van der Waals surface area contributed by atoms with E-state index in [1.54, 1.807) is 0 Å². The molecule has 0 bridgehead atoms. The standard InChI is InChI=1S/C12H19NO/c1-3-8-13-12(9-14)11-6-4-10(2)5-7-11/h4-7,12-14H,3,8-9H2,1-2H3. The minimum absolute atomic E-state index is 0.0792. The fraction of sp³-hybridized carbons (Fsp3) is 0.500. The zero-order valence-electron chi connectivity index (χ0n) is 8.96. The molecule has 2 nitrogen and oxygen atoms in total. The van der Waals surface area contributed by atoms with Crippen molar-refractivity contribution in [1.29, 1.82) is 0 Å². The number of hydrogen-bond acceptors (Lipinski definition) is 2. The Labute approximate surface area is 86.0 Å². The number of rotatable bonds is 5. The molecule has 0 aromatic heterocycles. The van der Waals surface area contributed by atoms with Crippen LogP contribution in [0.15, 0.2) is 24.3 Å². The molecule has 0 radical (unpaired) electrons. The molecule has 78 valence electrons. The fourth-order valence-electron chi connectivity index (χ4n) is 1.41. The van der Waals surface area contributed by atoms with E-state index in [2.05, 4.69) is 43.4 Å². The maximum atomic E-state index is 9.21. The van der Waals surface area contributed by atoms with E-state index in [4.69, 9.17) is 0 Å². The van der Waals surface area contributed by atoms with Gasteiger partial charge in [-0.25, -0.2) is 0 Å². The van der Waals surface area contributed by atoms with Crippen LogP contribution in [0.25, 0.3) is 0 Å². The summed E-state index contributed by atoms with van der Waals surface area (Å²) in [7, 11) is 0. The summed E-state index contributed by atoms with van der Waals surface area (Å²) >= 11 is 0. The van der Waals surface area contributed by atoms with Crippen molar-refractivity contribution in [3.05, 3.63) is 35.4 Å². The summed E-state index contributed by atoms with van der Waals surface area (Å²) < 4.78 is 0. The lowest BCUT2D eigenvalue weighted by Gasteiger charge is -2.16. The maximum Gasteiger partial charge on any atom is 0.0626 e. The highest BCUT2D eigenvalue weighted by Crippen LogP contribution is 2.12. The Morgan fingerprint density at radius 3 is 2.43 bits per heavy atom. The van der Waals surface area contributed by atoms with Crippen LogP contribution in [-0.4, -0.2) is 18.3 Å². The molecule has 0 aliphatic heterocycles. The number of benzene rings is 1. The van der Waals surface area contributed by atoms with Gasteiger partial charge in [0, 0.05) is 0 Å². The molecule has 0 amide bonds. The second kappa shape index (κ2) is 5.78. The van der Waals surface area contributed by atoms with Crippen LogP contribution >= 0.6 is 0 Å². The van der Waals surface area contributed by atoms with Gasteiger partial charge in [0.25, 0.3) is 0 Å². The topological polar surface area (TPSA) is 32.3 Å². The molecule has 0 heterocycles. The van der Waals surface area contributed by atoms with Crippen molar-refractivity contribution < 1.29 is 5.11 Å². The number of nitrogens with one attached hydrogen (secondary N) is 1. The first kappa shape index (κ1) is 11.2. The molecule has 0 aliphatic carbocycles. The lowest BCUT2D eigenvalue weighted by molar-refractivity contribution is 0.245. The van der Waals surface area contributed by atoms with Crippen LogP contribution in [0.3, 0.4) is 0 Å². The van der Waals surface area contributed by atoms with Crippen LogP contribution in [0.1, 0.15) is 30.5 Å². The summed E-state index contributed by atoms with van der Waals surface area (Å²) in [6.07, 6.45) is 1.09. The van der Waals surface area contributed by atoms with Crippen LogP contribution in [0.5, 0.6) is 0 Å². The average Bonchev–Trinajstić information content (AvgIpc) is 2.21. The Morgan fingerprint density at radius 2 is 1.93 bits per heavy atom. The summed E-state index contributed by atoms with van der Waals surface area (Å²) in [5, 5.41) is 12.5. The van der Waals surface area contributed by atoms with Gasteiger partial charge in [-0.1, -0.05) is 36.8 Å². The fourth-order valence-corrected chi connectivity index (χ4v) is 1.41. The third kappa shape index (κ3) is 3.13. The highest BCUT2D eigenvalue weighted by Gasteiger charge is 2.07. The number of hydrogen-bond donors (Lipinski definition) is 2. The number of aliphatic hydroxyl groups excluding tert-OH is 1. The van der Waals surface area contributed by atoms with Crippen molar-refractivity contribution in [1.82, 2.24) is 5.32 Å². The molecule has 1 atom stereocenters. The average molecular weight is 193 g/mol. The summed E-state index contributed by atoms with van der Waals surface area (Å²) in [5.41, 5.74) is 2.41. The molecule has 1 rings (SSSR count). The largest absolute Gasteiger partial charge is 0.394 e. The van der Waals surface area contributed by atoms with Gasteiger partial charge in [0.1, 0.15) is 0 Å². The Balaban J connectivity index is 2.64. The second-order valence-corrected chi connectivity index (χ2v) is 3.60. The lowest BCUT2D eigenvalue weighted by Crippen LogP contribution is -2.24. The Bertz CT molecular complexity index is 256. The summed E-state index contributed by atoms with van der Waals surface area (Å²) in [4.78, 5) is 0. The first-order chi connectivity index (χ1) is 6.77. The molecular formula is C12H19NO. The van der Waals surface area contributed by atoms with E-state index in [0.717, 1.165) is 18.5 Å². The van der Waals surface area contributed by atoms with Crippen LogP contribution in [0.4, 0.5) is 0 Å². The molecule has 2 N–H and O–H groups in total. The van der Waals surface area contributed by atoms with E-state index in [1.165, 1.54) is 5.56 Å². The maximum absolute atomic E-state index is 9.21. The minimum atomic E-state index is 0.0792. The molecule has 1 aromatic rings. The molecular weight excluding hydrogens is 174 g/mol. The monoisotopic (exact) mass is 193 g/mol. The van der Waals surface area contributed by atoms with Crippen molar-refractivity contribution in [2.75, 3.05) is 13.2 Å². The smallest absolute Gasteiger partial charge is 0.0626 e. The Kier molecular flexibility index (Phi) is 4.63. The van der Waals surface area contributed by atoms with Gasteiger partial charge >= 0.3 is 0 Å². The Hall–Kier alpha value is -0.860. The quantitative estimate of drug-likeness (QED) is 0.750. The molecule has 0 saturated carbocycles. The van der Waals surface area contributed by atoms with Crippen LogP contribution in [-0.2, 0) is 0 Å². The summed E-state index contributed by atoms with van der Waals surface area (Å²) in [5.74, 6) is 0. The number of aliphatic hydroxyl groups is 1. The van der Waals surface area contributed by atoms with E-state index in [9.17, 15) is 5.11 Å². The zero-order valence-corrected chi connectivity index (χ0v) is 8.96. The van der Waals surface area contributed by atoms with Gasteiger partial charge in [0.05, 0.1) is 12.6 Å². The number of aryl methyl sites for hydroxylation is 1. The first-order valence-corrected chi connectivity index (χ1v) is 5.18. The van der Waals surface area contributed by atoms with E-state index in [1.807, 2.05) is 0 Å². The van der Waals surface area contributed by atoms with Gasteiger partial charge < -0.3 is 10.4 Å². The van der Waals surface area contributed by atoms with Crippen molar-refractivity contribution in [2.45, 2.75) is 26.3 Å². The highest BCUT2D eigenvalue weighted by molar-refractivity contribution is 5.24. The third-order valence-corrected chi connectivity index (χ3v) is 2.30. The van der Waals surface area contributed by atoms with E-state index < -0.39 is 0 Å². The molecule has 0 fully saturated rings. The van der Waals surface area contributed by atoms with Gasteiger partial charge in [-0.2, -0.15) is 0 Å². The van der Waals surface area contributed by atoms with Crippen LogP contribution in [0.2, 0.25) is 0 Å². The lowest BCUT2D eigenvalue weighted by atomic mass is 10.1. The molecule has 1 aromatic carbocycles. The summed E-state index contributed by atoms with van der Waals surface area (Å²) in [6, 6.07) is 8.37. The van der Waals surface area contributed by atoms with Gasteiger partial charge in [0.15, 0.2) is 0 Å². The predicted molar refractivity (Wildman–Crippen MR) is 59.3 cm³/mol. The minimum Gasteiger partial charge on any atom is -0.394 e. The predicted octanol–water partition coefficient (Wildman–Crippen LogP) is 2.03. The zero-order chi connectivity index (χ0) is 10.4. The third-order valence-electron chi connectivity index (χ3n) is 2.30. The first-order valence-electron chi connectivity index (χ1n) is 5.18. The van der Waals surface area contributed by atoms with E-state index >= 15 is 0 Å². The second-order valence-electron chi connectivity index (χ2n) is 3.60. The van der Waals surface area contributed by atoms with Crippen LogP contribution < -0.4 is 5.32 Å². The van der Waals surface area contributed by atoms with Gasteiger partial charge in [-0.3, -0.25) is 0 Å². The molecule has 14 heavy (non-hydrogen) atoms. The van der Waals surface area contributed by atoms with Gasteiger partial charge in [0.2, 0.25) is 0 Å². The summed E-state index contributed by atoms with van der Waals surface area (Å²) in [6.45, 7) is 5.29.